The van der Waals surface area contributed by atoms with Crippen LogP contribution in [0.15, 0.2) is 48.5 Å². The number of anilines is 1. The van der Waals surface area contributed by atoms with Gasteiger partial charge in [0.1, 0.15) is 0 Å². The topological polar surface area (TPSA) is 66.8 Å². The Balaban J connectivity index is 2.29. The van der Waals surface area contributed by atoms with Crippen LogP contribution in [-0.2, 0) is 16.0 Å². The van der Waals surface area contributed by atoms with Crippen LogP contribution in [0, 0.1) is 0 Å². The number of aliphatic carboxylic acids is 1. The van der Waals surface area contributed by atoms with Crippen molar-refractivity contribution in [2.75, 3.05) is 5.06 Å². The summed E-state index contributed by atoms with van der Waals surface area (Å²) in [6.45, 7) is 1.72. The van der Waals surface area contributed by atoms with Crippen molar-refractivity contribution in [1.29, 1.82) is 0 Å². The van der Waals surface area contributed by atoms with Gasteiger partial charge in [0.05, 0.1) is 12.1 Å². The third kappa shape index (κ3) is 4.72. The second kappa shape index (κ2) is 7.65. The van der Waals surface area contributed by atoms with Crippen LogP contribution in [0.3, 0.4) is 0 Å². The van der Waals surface area contributed by atoms with Crippen molar-refractivity contribution in [3.05, 3.63) is 59.1 Å². The number of rotatable bonds is 6. The fraction of sp³-hybridized carbons (Fsp3) is 0.176. The van der Waals surface area contributed by atoms with Crippen LogP contribution >= 0.6 is 11.6 Å². The van der Waals surface area contributed by atoms with E-state index in [4.69, 9.17) is 21.5 Å². The smallest absolute Gasteiger partial charge is 0.307 e. The molecular formula is C17H16ClNO4. The molecule has 0 aliphatic carbocycles. The van der Waals surface area contributed by atoms with Crippen LogP contribution in [0.1, 0.15) is 18.9 Å². The van der Waals surface area contributed by atoms with Gasteiger partial charge in [-0.05, 0) is 42.0 Å². The van der Waals surface area contributed by atoms with Crippen LogP contribution in [-0.4, -0.2) is 17.0 Å². The number of carboxylic acids is 1. The highest BCUT2D eigenvalue weighted by Gasteiger charge is 2.17. The zero-order valence-corrected chi connectivity index (χ0v) is 13.3. The summed E-state index contributed by atoms with van der Waals surface area (Å²) in [4.78, 5) is 28.7. The van der Waals surface area contributed by atoms with E-state index in [1.165, 1.54) is 0 Å². The summed E-state index contributed by atoms with van der Waals surface area (Å²) in [7, 11) is 0. The number of carboxylic acid groups (broad SMARTS) is 1. The van der Waals surface area contributed by atoms with Crippen LogP contribution in [0.25, 0.3) is 0 Å². The quantitative estimate of drug-likeness (QED) is 0.818. The summed E-state index contributed by atoms with van der Waals surface area (Å²) in [5, 5.41) is 10.6. The van der Waals surface area contributed by atoms with E-state index in [2.05, 4.69) is 0 Å². The molecule has 5 nitrogen and oxygen atoms in total. The van der Waals surface area contributed by atoms with Gasteiger partial charge in [-0.2, -0.15) is 0 Å². The molecule has 6 heteroatoms. The summed E-state index contributed by atoms with van der Waals surface area (Å²) in [5.41, 5.74) is 1.06. The highest BCUT2D eigenvalue weighted by molar-refractivity contribution is 6.30. The Morgan fingerprint density at radius 1 is 1.17 bits per heavy atom. The molecule has 1 N–H and O–H groups in total. The molecule has 2 aromatic carbocycles. The monoisotopic (exact) mass is 333 g/mol. The SMILES string of the molecule is CCC(=O)N(Oc1ccc(Cl)cc1)c1cccc(CC(=O)O)c1. The number of halogens is 1. The normalized spacial score (nSPS) is 10.2. The van der Waals surface area contributed by atoms with E-state index in [0.717, 1.165) is 5.06 Å². The third-order valence-corrected chi connectivity index (χ3v) is 3.29. The minimum atomic E-state index is -0.936. The Morgan fingerprint density at radius 2 is 1.87 bits per heavy atom. The van der Waals surface area contributed by atoms with Crippen LogP contribution in [0.5, 0.6) is 5.75 Å². The molecule has 23 heavy (non-hydrogen) atoms. The van der Waals surface area contributed by atoms with E-state index in [0.29, 0.717) is 22.0 Å². The fourth-order valence-corrected chi connectivity index (χ4v) is 2.09. The summed E-state index contributed by atoms with van der Waals surface area (Å²) >= 11 is 5.83. The number of carbonyl (C=O) groups is 2. The van der Waals surface area contributed by atoms with E-state index in [-0.39, 0.29) is 18.7 Å². The van der Waals surface area contributed by atoms with Crippen LogP contribution < -0.4 is 9.90 Å². The summed E-state index contributed by atoms with van der Waals surface area (Å²) in [6.07, 6.45) is 0.125. The van der Waals surface area contributed by atoms with Gasteiger partial charge >= 0.3 is 5.97 Å². The van der Waals surface area contributed by atoms with Gasteiger partial charge in [-0.1, -0.05) is 30.7 Å². The van der Waals surface area contributed by atoms with Gasteiger partial charge < -0.3 is 9.94 Å². The van der Waals surface area contributed by atoms with Crippen molar-refractivity contribution in [2.24, 2.45) is 0 Å². The van der Waals surface area contributed by atoms with Crippen molar-refractivity contribution in [3.63, 3.8) is 0 Å². The van der Waals surface area contributed by atoms with Gasteiger partial charge in [-0.25, -0.2) is 0 Å². The fourth-order valence-electron chi connectivity index (χ4n) is 1.96. The van der Waals surface area contributed by atoms with E-state index in [9.17, 15) is 9.59 Å². The first-order valence-electron chi connectivity index (χ1n) is 7.07. The Morgan fingerprint density at radius 3 is 2.48 bits per heavy atom. The number of amides is 1. The van der Waals surface area contributed by atoms with E-state index >= 15 is 0 Å². The maximum absolute atomic E-state index is 12.2. The van der Waals surface area contributed by atoms with Crippen molar-refractivity contribution >= 4 is 29.2 Å². The molecular weight excluding hydrogens is 318 g/mol. The molecule has 0 saturated heterocycles. The zero-order valence-electron chi connectivity index (χ0n) is 12.5. The lowest BCUT2D eigenvalue weighted by Crippen LogP contribution is -2.33. The third-order valence-electron chi connectivity index (χ3n) is 3.04. The van der Waals surface area contributed by atoms with Gasteiger partial charge in [0, 0.05) is 11.4 Å². The molecule has 0 radical (unpaired) electrons. The molecule has 0 saturated carbocycles. The Hall–Kier alpha value is -2.53. The molecule has 0 spiro atoms. The van der Waals surface area contributed by atoms with Gasteiger partial charge in [-0.15, -0.1) is 5.06 Å². The number of hydrogen-bond donors (Lipinski definition) is 1. The zero-order chi connectivity index (χ0) is 16.8. The lowest BCUT2D eigenvalue weighted by Gasteiger charge is -2.22. The molecule has 1 amide bonds. The number of carbonyl (C=O) groups excluding carboxylic acids is 1. The average molecular weight is 334 g/mol. The van der Waals surface area contributed by atoms with Crippen LogP contribution in [0.2, 0.25) is 5.02 Å². The molecule has 0 atom stereocenters. The van der Waals surface area contributed by atoms with Gasteiger partial charge in [0.15, 0.2) is 5.75 Å². The number of hydrogen-bond acceptors (Lipinski definition) is 3. The second-order valence-electron chi connectivity index (χ2n) is 4.83. The van der Waals surface area contributed by atoms with Crippen molar-refractivity contribution < 1.29 is 19.5 Å². The van der Waals surface area contributed by atoms with E-state index in [1.54, 1.807) is 55.5 Å². The highest BCUT2D eigenvalue weighted by atomic mass is 35.5. The number of benzene rings is 2. The first-order chi connectivity index (χ1) is 11.0. The van der Waals surface area contributed by atoms with Gasteiger partial charge in [0.25, 0.3) is 5.91 Å². The molecule has 0 heterocycles. The molecule has 0 unspecified atom stereocenters. The minimum Gasteiger partial charge on any atom is -0.481 e. The highest BCUT2D eigenvalue weighted by Crippen LogP contribution is 2.22. The minimum absolute atomic E-state index is 0.122. The molecule has 0 aliphatic heterocycles. The van der Waals surface area contributed by atoms with Crippen molar-refractivity contribution in [2.45, 2.75) is 19.8 Å². The first-order valence-corrected chi connectivity index (χ1v) is 7.44. The summed E-state index contributed by atoms with van der Waals surface area (Å²) in [6, 6.07) is 13.3. The molecule has 120 valence electrons. The van der Waals surface area contributed by atoms with E-state index < -0.39 is 5.97 Å². The summed E-state index contributed by atoms with van der Waals surface area (Å²) in [5.74, 6) is -0.721. The molecule has 0 aromatic heterocycles. The lowest BCUT2D eigenvalue weighted by molar-refractivity contribution is -0.136. The molecule has 0 aliphatic rings. The Bertz CT molecular complexity index is 700. The van der Waals surface area contributed by atoms with Crippen molar-refractivity contribution in [1.82, 2.24) is 0 Å². The number of nitrogens with zero attached hydrogens (tertiary/aromatic N) is 1. The van der Waals surface area contributed by atoms with Gasteiger partial charge in [-0.3, -0.25) is 9.59 Å². The van der Waals surface area contributed by atoms with Gasteiger partial charge in [0.2, 0.25) is 0 Å². The Labute approximate surface area is 139 Å². The second-order valence-corrected chi connectivity index (χ2v) is 5.26. The van der Waals surface area contributed by atoms with Crippen LogP contribution in [0.4, 0.5) is 5.69 Å². The lowest BCUT2D eigenvalue weighted by atomic mass is 10.1. The first kappa shape index (κ1) is 16.8. The standard InChI is InChI=1S/C17H16ClNO4/c1-2-16(20)19(23-15-8-6-13(18)7-9-15)14-5-3-4-12(10-14)11-17(21)22/h3-10H,2,11H2,1H3,(H,21,22). The predicted octanol–water partition coefficient (Wildman–Crippen LogP) is 3.70. The maximum atomic E-state index is 12.2. The predicted molar refractivity (Wildman–Crippen MR) is 87.6 cm³/mol. The maximum Gasteiger partial charge on any atom is 0.307 e. The van der Waals surface area contributed by atoms with Crippen molar-refractivity contribution in [3.8, 4) is 5.75 Å². The number of hydroxylamine groups is 1. The molecule has 0 fully saturated rings. The van der Waals surface area contributed by atoms with E-state index in [1.807, 2.05) is 0 Å². The molecule has 0 bridgehead atoms. The average Bonchev–Trinajstić information content (AvgIpc) is 2.53. The molecule has 2 rings (SSSR count). The molecule has 2 aromatic rings. The Kier molecular flexibility index (Phi) is 5.60. The summed E-state index contributed by atoms with van der Waals surface area (Å²) < 4.78 is 0. The largest absolute Gasteiger partial charge is 0.481 e.